The molecule has 2 unspecified atom stereocenters. The summed E-state index contributed by atoms with van der Waals surface area (Å²) in [4.78, 5) is 16.4. The highest BCUT2D eigenvalue weighted by molar-refractivity contribution is 6.11. The Bertz CT molecular complexity index is 1140. The van der Waals surface area contributed by atoms with Crippen LogP contribution in [0.4, 0.5) is 5.69 Å². The van der Waals surface area contributed by atoms with E-state index < -0.39 is 0 Å². The van der Waals surface area contributed by atoms with Crippen LogP contribution in [0.2, 0.25) is 0 Å². The highest BCUT2D eigenvalue weighted by atomic mass is 16.5. The van der Waals surface area contributed by atoms with Crippen molar-refractivity contribution in [1.82, 2.24) is 4.98 Å². The lowest BCUT2D eigenvalue weighted by Crippen LogP contribution is -2.21. The zero-order chi connectivity index (χ0) is 20.1. The Balaban J connectivity index is 1.84. The van der Waals surface area contributed by atoms with E-state index in [0.717, 1.165) is 52.4 Å². The Hall–Kier alpha value is -2.82. The van der Waals surface area contributed by atoms with Crippen LogP contribution in [0.1, 0.15) is 37.3 Å². The van der Waals surface area contributed by atoms with Gasteiger partial charge in [0.05, 0.1) is 31.6 Å². The number of nitrogens with one attached hydrogen (secondary N) is 1. The number of nitrogens with zero attached hydrogens (tertiary/aromatic N) is 1. The third-order valence-electron chi connectivity index (χ3n) is 6.75. The van der Waals surface area contributed by atoms with E-state index in [0.29, 0.717) is 5.75 Å². The highest BCUT2D eigenvalue weighted by Gasteiger charge is 2.34. The fourth-order valence-corrected chi connectivity index (χ4v) is 5.47. The van der Waals surface area contributed by atoms with Crippen LogP contribution in [0.25, 0.3) is 21.7 Å². The van der Waals surface area contributed by atoms with E-state index >= 15 is 0 Å². The minimum absolute atomic E-state index is 0.0959. The standard InChI is InChI=1S/C24H26N2O3/c1-13(27)26-16-9-21-19-11-23(29-3)22(28-2)10-18(19)17-7-14-5-4-6-15(14)8-20(17)24(21)25-12-16/h9-12,14-15H,4-8H2,1-3H3,(H,26,27). The summed E-state index contributed by atoms with van der Waals surface area (Å²) in [5.41, 5.74) is 4.56. The van der Waals surface area contributed by atoms with Gasteiger partial charge in [0.25, 0.3) is 0 Å². The molecule has 1 aromatic heterocycles. The van der Waals surface area contributed by atoms with Gasteiger partial charge in [-0.15, -0.1) is 0 Å². The number of benzene rings is 2. The van der Waals surface area contributed by atoms with Gasteiger partial charge in [-0.2, -0.15) is 0 Å². The van der Waals surface area contributed by atoms with Gasteiger partial charge in [-0.25, -0.2) is 0 Å². The van der Waals surface area contributed by atoms with Gasteiger partial charge in [-0.05, 0) is 77.6 Å². The molecule has 2 aromatic carbocycles. The van der Waals surface area contributed by atoms with Crippen LogP contribution in [0, 0.1) is 11.8 Å². The number of pyridine rings is 1. The van der Waals surface area contributed by atoms with Crippen molar-refractivity contribution in [2.24, 2.45) is 11.8 Å². The molecule has 1 N–H and O–H groups in total. The molecule has 2 aliphatic rings. The Morgan fingerprint density at radius 2 is 1.62 bits per heavy atom. The second kappa shape index (κ2) is 6.90. The number of hydrogen-bond donors (Lipinski definition) is 1. The topological polar surface area (TPSA) is 60.5 Å². The number of carbonyl (C=O) groups is 1. The zero-order valence-corrected chi connectivity index (χ0v) is 17.2. The third kappa shape index (κ3) is 2.91. The minimum Gasteiger partial charge on any atom is -0.493 e. The number of carbonyl (C=O) groups excluding carboxylic acids is 1. The summed E-state index contributed by atoms with van der Waals surface area (Å²) in [5.74, 6) is 2.90. The minimum atomic E-state index is -0.0959. The van der Waals surface area contributed by atoms with Crippen molar-refractivity contribution in [1.29, 1.82) is 0 Å². The predicted molar refractivity (Wildman–Crippen MR) is 115 cm³/mol. The summed E-state index contributed by atoms with van der Waals surface area (Å²) < 4.78 is 11.2. The molecule has 1 heterocycles. The summed E-state index contributed by atoms with van der Waals surface area (Å²) >= 11 is 0. The Kier molecular flexibility index (Phi) is 4.34. The first kappa shape index (κ1) is 18.2. The fraction of sp³-hybridized carbons (Fsp3) is 0.417. The molecule has 150 valence electrons. The largest absolute Gasteiger partial charge is 0.493 e. The molecule has 2 aliphatic carbocycles. The highest BCUT2D eigenvalue weighted by Crippen LogP contribution is 2.47. The lowest BCUT2D eigenvalue weighted by molar-refractivity contribution is -0.114. The predicted octanol–water partition coefficient (Wildman–Crippen LogP) is 4.88. The molecule has 1 fully saturated rings. The smallest absolute Gasteiger partial charge is 0.221 e. The maximum atomic E-state index is 11.6. The second-order valence-electron chi connectivity index (χ2n) is 8.37. The quantitative estimate of drug-likeness (QED) is 0.648. The average Bonchev–Trinajstić information content (AvgIpc) is 3.18. The molecule has 5 rings (SSSR count). The lowest BCUT2D eigenvalue weighted by atomic mass is 9.75. The third-order valence-corrected chi connectivity index (χ3v) is 6.75. The SMILES string of the molecule is COc1cc2c3c(c4ncc(NC(C)=O)cc4c2cc1OC)CC1CCCC1C3. The maximum absolute atomic E-state index is 11.6. The van der Waals surface area contributed by atoms with E-state index in [9.17, 15) is 4.79 Å². The molecule has 0 saturated heterocycles. The van der Waals surface area contributed by atoms with Gasteiger partial charge < -0.3 is 14.8 Å². The second-order valence-corrected chi connectivity index (χ2v) is 8.37. The summed E-state index contributed by atoms with van der Waals surface area (Å²) in [6, 6.07) is 6.21. The first-order valence-electron chi connectivity index (χ1n) is 10.4. The first-order valence-corrected chi connectivity index (χ1v) is 10.4. The number of rotatable bonds is 3. The van der Waals surface area contributed by atoms with Crippen LogP contribution in [0.5, 0.6) is 11.5 Å². The van der Waals surface area contributed by atoms with Crippen molar-refractivity contribution in [3.05, 3.63) is 35.5 Å². The molecule has 0 aliphatic heterocycles. The molecule has 0 radical (unpaired) electrons. The lowest BCUT2D eigenvalue weighted by Gasteiger charge is -2.30. The Labute approximate surface area is 170 Å². The van der Waals surface area contributed by atoms with Crippen molar-refractivity contribution >= 4 is 33.3 Å². The van der Waals surface area contributed by atoms with E-state index in [-0.39, 0.29) is 5.91 Å². The van der Waals surface area contributed by atoms with Crippen LogP contribution in [0.15, 0.2) is 24.4 Å². The average molecular weight is 390 g/mol. The summed E-state index contributed by atoms with van der Waals surface area (Å²) in [6.45, 7) is 1.52. The van der Waals surface area contributed by atoms with E-state index in [1.807, 2.05) is 6.07 Å². The molecular formula is C24H26N2O3. The molecule has 5 nitrogen and oxygen atoms in total. The van der Waals surface area contributed by atoms with Crippen molar-refractivity contribution in [2.45, 2.75) is 39.0 Å². The fourth-order valence-electron chi connectivity index (χ4n) is 5.47. The molecule has 2 atom stereocenters. The van der Waals surface area contributed by atoms with Crippen LogP contribution in [-0.4, -0.2) is 25.1 Å². The Morgan fingerprint density at radius 3 is 2.28 bits per heavy atom. The van der Waals surface area contributed by atoms with Gasteiger partial charge in [-0.1, -0.05) is 6.42 Å². The molecule has 1 saturated carbocycles. The summed E-state index contributed by atoms with van der Waals surface area (Å²) in [7, 11) is 3.34. The molecule has 3 aromatic rings. The number of hydrogen-bond acceptors (Lipinski definition) is 4. The van der Waals surface area contributed by atoms with Gasteiger partial charge in [-0.3, -0.25) is 9.78 Å². The van der Waals surface area contributed by atoms with Gasteiger partial charge in [0.15, 0.2) is 11.5 Å². The number of fused-ring (bicyclic) bond motifs is 7. The van der Waals surface area contributed by atoms with Gasteiger partial charge in [0.1, 0.15) is 0 Å². The number of amides is 1. The van der Waals surface area contributed by atoms with Gasteiger partial charge in [0, 0.05) is 12.3 Å². The van der Waals surface area contributed by atoms with Crippen LogP contribution >= 0.6 is 0 Å². The van der Waals surface area contributed by atoms with E-state index in [1.165, 1.54) is 42.7 Å². The van der Waals surface area contributed by atoms with E-state index in [4.69, 9.17) is 14.5 Å². The molecule has 5 heteroatoms. The number of aromatic nitrogens is 1. The van der Waals surface area contributed by atoms with Crippen molar-refractivity contribution in [2.75, 3.05) is 19.5 Å². The molecular weight excluding hydrogens is 364 g/mol. The van der Waals surface area contributed by atoms with E-state index in [2.05, 4.69) is 17.4 Å². The molecule has 0 spiro atoms. The van der Waals surface area contributed by atoms with Crippen molar-refractivity contribution in [3.63, 3.8) is 0 Å². The van der Waals surface area contributed by atoms with Crippen molar-refractivity contribution < 1.29 is 14.3 Å². The molecule has 29 heavy (non-hydrogen) atoms. The van der Waals surface area contributed by atoms with Crippen LogP contribution in [-0.2, 0) is 17.6 Å². The summed E-state index contributed by atoms with van der Waals surface area (Å²) in [5, 5.41) is 6.25. The number of ether oxygens (including phenoxy) is 2. The van der Waals surface area contributed by atoms with Crippen molar-refractivity contribution in [3.8, 4) is 11.5 Å². The monoisotopic (exact) mass is 390 g/mol. The van der Waals surface area contributed by atoms with Gasteiger partial charge >= 0.3 is 0 Å². The van der Waals surface area contributed by atoms with Crippen LogP contribution in [0.3, 0.4) is 0 Å². The van der Waals surface area contributed by atoms with Gasteiger partial charge in [0.2, 0.25) is 5.91 Å². The molecule has 0 bridgehead atoms. The molecule has 1 amide bonds. The normalized spacial score (nSPS) is 20.4. The van der Waals surface area contributed by atoms with Crippen LogP contribution < -0.4 is 14.8 Å². The number of anilines is 1. The summed E-state index contributed by atoms with van der Waals surface area (Å²) in [6.07, 6.45) is 7.95. The number of methoxy groups -OCH3 is 2. The first-order chi connectivity index (χ1) is 14.1. The maximum Gasteiger partial charge on any atom is 0.221 e. The van der Waals surface area contributed by atoms with E-state index in [1.54, 1.807) is 20.4 Å². The Morgan fingerprint density at radius 1 is 0.966 bits per heavy atom. The zero-order valence-electron chi connectivity index (χ0n) is 17.2.